The van der Waals surface area contributed by atoms with E-state index in [0.29, 0.717) is 12.5 Å². The van der Waals surface area contributed by atoms with E-state index in [9.17, 15) is 4.79 Å². The van der Waals surface area contributed by atoms with Crippen LogP contribution >= 0.6 is 0 Å². The molecule has 17 heavy (non-hydrogen) atoms. The third-order valence-electron chi connectivity index (χ3n) is 3.49. The summed E-state index contributed by atoms with van der Waals surface area (Å²) in [6.07, 6.45) is 7.94. The Morgan fingerprint density at radius 3 is 2.82 bits per heavy atom. The van der Waals surface area contributed by atoms with E-state index >= 15 is 0 Å². The van der Waals surface area contributed by atoms with Gasteiger partial charge in [-0.15, -0.1) is 0 Å². The van der Waals surface area contributed by atoms with E-state index in [1.807, 2.05) is 0 Å². The molecule has 0 aliphatic heterocycles. The van der Waals surface area contributed by atoms with Crippen LogP contribution in [0.2, 0.25) is 0 Å². The van der Waals surface area contributed by atoms with Gasteiger partial charge in [0.15, 0.2) is 0 Å². The van der Waals surface area contributed by atoms with E-state index in [-0.39, 0.29) is 5.69 Å². The highest BCUT2D eigenvalue weighted by Gasteiger charge is 2.17. The van der Waals surface area contributed by atoms with Crippen molar-refractivity contribution in [3.63, 3.8) is 0 Å². The van der Waals surface area contributed by atoms with E-state index in [4.69, 9.17) is 5.73 Å². The predicted octanol–water partition coefficient (Wildman–Crippen LogP) is 1.71. The number of aromatic amines is 1. The van der Waals surface area contributed by atoms with Crippen LogP contribution in [0, 0.1) is 0 Å². The first kappa shape index (κ1) is 12.3. The fraction of sp³-hybridized carbons (Fsp3) is 0.692. The zero-order valence-electron chi connectivity index (χ0n) is 10.2. The van der Waals surface area contributed by atoms with Crippen LogP contribution < -0.4 is 11.4 Å². The van der Waals surface area contributed by atoms with Gasteiger partial charge in [-0.05, 0) is 38.3 Å². The van der Waals surface area contributed by atoms with Crippen molar-refractivity contribution in [1.29, 1.82) is 0 Å². The second-order valence-electron chi connectivity index (χ2n) is 4.86. The summed E-state index contributed by atoms with van der Waals surface area (Å²) < 4.78 is 0. The van der Waals surface area contributed by atoms with Crippen molar-refractivity contribution in [2.75, 3.05) is 6.54 Å². The number of aromatic nitrogens is 2. The van der Waals surface area contributed by atoms with Gasteiger partial charge in [0.25, 0.3) is 0 Å². The Hall–Kier alpha value is -1.16. The Morgan fingerprint density at radius 2 is 2.12 bits per heavy atom. The van der Waals surface area contributed by atoms with Gasteiger partial charge in [0, 0.05) is 11.6 Å². The molecule has 0 aromatic carbocycles. The van der Waals surface area contributed by atoms with Crippen molar-refractivity contribution in [1.82, 2.24) is 9.97 Å². The maximum atomic E-state index is 11.5. The number of rotatable bonds is 4. The minimum atomic E-state index is -0.208. The van der Waals surface area contributed by atoms with Crippen molar-refractivity contribution in [3.05, 3.63) is 27.9 Å². The lowest BCUT2D eigenvalue weighted by Gasteiger charge is -2.21. The average Bonchev–Trinajstić information content (AvgIpc) is 2.37. The first-order valence-electron chi connectivity index (χ1n) is 6.60. The van der Waals surface area contributed by atoms with Crippen molar-refractivity contribution < 1.29 is 0 Å². The minimum Gasteiger partial charge on any atom is -0.330 e. The molecule has 0 atom stereocenters. The number of nitrogens with zero attached hydrogens (tertiary/aromatic N) is 1. The van der Waals surface area contributed by atoms with E-state index in [1.165, 1.54) is 32.1 Å². The molecule has 0 bridgehead atoms. The molecule has 0 spiro atoms. The molecule has 1 fully saturated rings. The van der Waals surface area contributed by atoms with Gasteiger partial charge in [-0.25, -0.2) is 4.79 Å². The summed E-state index contributed by atoms with van der Waals surface area (Å²) in [6, 6.07) is 2.06. The topological polar surface area (TPSA) is 71.8 Å². The second-order valence-corrected chi connectivity index (χ2v) is 4.86. The molecule has 0 saturated heterocycles. The molecule has 0 radical (unpaired) electrons. The van der Waals surface area contributed by atoms with Crippen LogP contribution in [0.3, 0.4) is 0 Å². The van der Waals surface area contributed by atoms with Crippen LogP contribution in [-0.2, 0) is 6.42 Å². The van der Waals surface area contributed by atoms with Crippen LogP contribution in [0.4, 0.5) is 0 Å². The molecule has 0 unspecified atom stereocenters. The highest BCUT2D eigenvalue weighted by molar-refractivity contribution is 5.13. The lowest BCUT2D eigenvalue weighted by atomic mass is 9.86. The largest absolute Gasteiger partial charge is 0.345 e. The molecular formula is C13H21N3O. The number of nitrogens with two attached hydrogens (primary N) is 1. The van der Waals surface area contributed by atoms with Gasteiger partial charge in [-0.1, -0.05) is 19.3 Å². The number of nitrogens with one attached hydrogen (secondary N) is 1. The maximum absolute atomic E-state index is 11.5. The first-order valence-corrected chi connectivity index (χ1v) is 6.60. The van der Waals surface area contributed by atoms with Crippen molar-refractivity contribution in [3.8, 4) is 0 Å². The SMILES string of the molecule is NCCCc1cc(C2CCCCC2)nc(=O)[nH]1. The summed E-state index contributed by atoms with van der Waals surface area (Å²) in [7, 11) is 0. The highest BCUT2D eigenvalue weighted by Crippen LogP contribution is 2.31. The van der Waals surface area contributed by atoms with Gasteiger partial charge in [0.2, 0.25) is 0 Å². The van der Waals surface area contributed by atoms with Gasteiger partial charge in [-0.2, -0.15) is 4.98 Å². The fourth-order valence-corrected chi connectivity index (χ4v) is 2.56. The Balaban J connectivity index is 2.15. The zero-order chi connectivity index (χ0) is 12.1. The first-order chi connectivity index (χ1) is 8.29. The van der Waals surface area contributed by atoms with Crippen LogP contribution in [0.15, 0.2) is 10.9 Å². The average molecular weight is 235 g/mol. The lowest BCUT2D eigenvalue weighted by molar-refractivity contribution is 0.435. The van der Waals surface area contributed by atoms with Crippen LogP contribution in [0.1, 0.15) is 55.8 Å². The Kier molecular flexibility index (Phi) is 4.31. The van der Waals surface area contributed by atoms with Gasteiger partial charge < -0.3 is 10.7 Å². The predicted molar refractivity (Wildman–Crippen MR) is 68.1 cm³/mol. The van der Waals surface area contributed by atoms with E-state index in [0.717, 1.165) is 24.2 Å². The monoisotopic (exact) mass is 235 g/mol. The van der Waals surface area contributed by atoms with Gasteiger partial charge >= 0.3 is 5.69 Å². The van der Waals surface area contributed by atoms with Crippen molar-refractivity contribution >= 4 is 0 Å². The molecular weight excluding hydrogens is 214 g/mol. The van der Waals surface area contributed by atoms with Crippen LogP contribution in [0.5, 0.6) is 0 Å². The summed E-state index contributed by atoms with van der Waals surface area (Å²) in [4.78, 5) is 18.4. The Bertz CT molecular complexity index is 407. The van der Waals surface area contributed by atoms with Gasteiger partial charge in [0.05, 0.1) is 5.69 Å². The normalized spacial score (nSPS) is 17.2. The van der Waals surface area contributed by atoms with Crippen molar-refractivity contribution in [2.24, 2.45) is 5.73 Å². The number of hydrogen-bond donors (Lipinski definition) is 2. The smallest absolute Gasteiger partial charge is 0.330 e. The standard InChI is InChI=1S/C13H21N3O/c14-8-4-7-11-9-12(16-13(17)15-11)10-5-2-1-3-6-10/h9-10H,1-8,14H2,(H,15,16,17). The molecule has 1 aromatic rings. The van der Waals surface area contributed by atoms with Crippen LogP contribution in [0.25, 0.3) is 0 Å². The Labute approximate surface area is 102 Å². The minimum absolute atomic E-state index is 0.208. The molecule has 1 aliphatic rings. The molecule has 4 heteroatoms. The molecule has 1 aliphatic carbocycles. The quantitative estimate of drug-likeness (QED) is 0.834. The number of H-pyrrole nitrogens is 1. The summed E-state index contributed by atoms with van der Waals surface area (Å²) in [5, 5.41) is 0. The van der Waals surface area contributed by atoms with E-state index < -0.39 is 0 Å². The van der Waals surface area contributed by atoms with Gasteiger partial charge in [0.1, 0.15) is 0 Å². The summed E-state index contributed by atoms with van der Waals surface area (Å²) in [5.74, 6) is 0.489. The molecule has 1 saturated carbocycles. The molecule has 1 heterocycles. The van der Waals surface area contributed by atoms with E-state index in [1.54, 1.807) is 0 Å². The molecule has 94 valence electrons. The molecule has 0 amide bonds. The second kappa shape index (κ2) is 5.96. The van der Waals surface area contributed by atoms with Crippen molar-refractivity contribution in [2.45, 2.75) is 50.9 Å². The molecule has 1 aromatic heterocycles. The number of aryl methyl sites for hydroxylation is 1. The molecule has 2 rings (SSSR count). The number of hydrogen-bond acceptors (Lipinski definition) is 3. The molecule has 3 N–H and O–H groups in total. The van der Waals surface area contributed by atoms with Gasteiger partial charge in [-0.3, -0.25) is 0 Å². The summed E-state index contributed by atoms with van der Waals surface area (Å²) in [5.41, 5.74) is 7.25. The van der Waals surface area contributed by atoms with Crippen LogP contribution in [-0.4, -0.2) is 16.5 Å². The van der Waals surface area contributed by atoms with E-state index in [2.05, 4.69) is 16.0 Å². The highest BCUT2D eigenvalue weighted by atomic mass is 16.1. The maximum Gasteiger partial charge on any atom is 0.345 e. The summed E-state index contributed by atoms with van der Waals surface area (Å²) in [6.45, 7) is 0.656. The zero-order valence-corrected chi connectivity index (χ0v) is 10.2. The fourth-order valence-electron chi connectivity index (χ4n) is 2.56. The Morgan fingerprint density at radius 1 is 1.35 bits per heavy atom. The third kappa shape index (κ3) is 3.40. The lowest BCUT2D eigenvalue weighted by Crippen LogP contribution is -2.19. The summed E-state index contributed by atoms with van der Waals surface area (Å²) >= 11 is 0. The third-order valence-corrected chi connectivity index (χ3v) is 3.49. The molecule has 4 nitrogen and oxygen atoms in total.